The molecule has 5 saturated heterocycles. The van der Waals surface area contributed by atoms with E-state index < -0.39 is 17.7 Å². The molecule has 6 aliphatic rings. The Hall–Kier alpha value is -6.19. The van der Waals surface area contributed by atoms with Crippen molar-refractivity contribution in [2.24, 2.45) is 17.3 Å². The second kappa shape index (κ2) is 19.4. The number of phenols is 1. The van der Waals surface area contributed by atoms with Crippen LogP contribution in [-0.2, 0) is 9.53 Å². The molecule has 0 spiro atoms. The van der Waals surface area contributed by atoms with Crippen LogP contribution >= 0.6 is 11.6 Å². The molecule has 3 aromatic carbocycles. The first-order chi connectivity index (χ1) is 34.4. The fourth-order valence-electron chi connectivity index (χ4n) is 11.3. The fraction of sp³-hybridized carbons (Fsp3) is 0.472. The number of fused-ring (bicyclic) bond motifs is 4. The molecule has 2 aromatic heterocycles. The van der Waals surface area contributed by atoms with Gasteiger partial charge < -0.3 is 34.6 Å². The maximum atomic E-state index is 17.1. The molecule has 1 saturated carbocycles. The number of piperazine rings is 1. The topological polar surface area (TPSA) is 166 Å². The SMILES string of the molecule is C#Cc1c(F)ccc2cc(O)cc(-c3ncc4c(N5CC6CCC(C5)N6)nc(OCC5(CN6CCC(COCC7CCN(C(=O)c8ccc(Cl)c(N9CCC(=O)NC9=O)c8)CC7)CC6)CC5)nc4c3F)c12. The van der Waals surface area contributed by atoms with Gasteiger partial charge in [0.15, 0.2) is 5.82 Å². The van der Waals surface area contributed by atoms with Crippen molar-refractivity contribution in [2.75, 3.05) is 82.0 Å². The van der Waals surface area contributed by atoms with E-state index >= 15 is 8.78 Å². The number of pyridine rings is 1. The van der Waals surface area contributed by atoms with Gasteiger partial charge in [-0.05, 0) is 118 Å². The third kappa shape index (κ3) is 9.67. The molecule has 2 atom stereocenters. The molecule has 3 N–H and O–H groups in total. The van der Waals surface area contributed by atoms with E-state index in [-0.39, 0.29) is 81.8 Å². The van der Waals surface area contributed by atoms with Crippen LogP contribution in [0.25, 0.3) is 32.9 Å². The number of aromatic nitrogens is 3. The van der Waals surface area contributed by atoms with Gasteiger partial charge in [0, 0.05) is 99.1 Å². The standard InChI is InChI=1S/C53H56ClF2N9O6/c1-2-38-42(55)8-4-33-21-37(66)23-39(45(33)38)47-46(56)48-40(24-57-47)49(64-25-35-5-6-36(26-64)58-35)61-51(60-48)71-30-53(14-15-53)29-62-16-9-31(10-17-62)27-70-28-32-11-18-63(19-12-32)50(68)34-3-7-41(54)43(22-34)65-20-13-44(67)59-52(65)69/h1,3-4,7-8,21-24,31-32,35-36,58,66H,5-6,9-20,25-30H2,(H,59,67,69). The fourth-order valence-corrected chi connectivity index (χ4v) is 11.5. The average Bonchev–Trinajstić information content (AvgIpc) is 4.06. The van der Waals surface area contributed by atoms with Crippen LogP contribution in [0.15, 0.2) is 48.7 Å². The van der Waals surface area contributed by atoms with Crippen LogP contribution in [0.3, 0.4) is 0 Å². The summed E-state index contributed by atoms with van der Waals surface area (Å²) in [6, 6.07) is 10.6. The molecule has 0 radical (unpaired) electrons. The van der Waals surface area contributed by atoms with Crippen molar-refractivity contribution in [3.8, 4) is 35.4 Å². The minimum Gasteiger partial charge on any atom is -0.508 e. The zero-order valence-electron chi connectivity index (χ0n) is 39.4. The van der Waals surface area contributed by atoms with Crippen molar-refractivity contribution >= 4 is 62.6 Å². The number of nitrogens with zero attached hydrogens (tertiary/aromatic N) is 7. The first kappa shape index (κ1) is 47.2. The lowest BCUT2D eigenvalue weighted by molar-refractivity contribution is -0.120. The molecule has 4 amide bonds. The van der Waals surface area contributed by atoms with Crippen LogP contribution < -0.4 is 25.2 Å². The predicted molar refractivity (Wildman–Crippen MR) is 265 cm³/mol. The number of amides is 4. The number of piperidine rings is 2. The number of halogens is 3. The van der Waals surface area contributed by atoms with Gasteiger partial charge in [0.2, 0.25) is 5.91 Å². The average molecular weight is 989 g/mol. The van der Waals surface area contributed by atoms with Crippen molar-refractivity contribution in [2.45, 2.75) is 69.9 Å². The number of phenolic OH excluding ortho intramolecular Hbond substituents is 1. The van der Waals surface area contributed by atoms with E-state index in [1.807, 2.05) is 4.90 Å². The molecular weight excluding hydrogens is 932 g/mol. The molecule has 5 aromatic rings. The van der Waals surface area contributed by atoms with E-state index in [0.717, 1.165) is 71.0 Å². The molecule has 11 rings (SSSR count). The van der Waals surface area contributed by atoms with Gasteiger partial charge in [0.1, 0.15) is 28.6 Å². The molecule has 370 valence electrons. The Labute approximate surface area is 415 Å². The first-order valence-electron chi connectivity index (χ1n) is 24.8. The van der Waals surface area contributed by atoms with Gasteiger partial charge in [-0.3, -0.25) is 24.8 Å². The molecule has 15 nitrogen and oxygen atoms in total. The quantitative estimate of drug-likeness (QED) is 0.101. The van der Waals surface area contributed by atoms with Gasteiger partial charge in [-0.15, -0.1) is 6.42 Å². The summed E-state index contributed by atoms with van der Waals surface area (Å²) in [6.07, 6.45) is 15.3. The minimum atomic E-state index is -0.739. The molecule has 2 unspecified atom stereocenters. The zero-order valence-corrected chi connectivity index (χ0v) is 40.2. The normalized spacial score (nSPS) is 21.7. The van der Waals surface area contributed by atoms with E-state index in [1.54, 1.807) is 24.4 Å². The Bertz CT molecular complexity index is 2960. The maximum absolute atomic E-state index is 17.1. The predicted octanol–water partition coefficient (Wildman–Crippen LogP) is 7.29. The van der Waals surface area contributed by atoms with Gasteiger partial charge in [-0.2, -0.15) is 9.97 Å². The van der Waals surface area contributed by atoms with Crippen LogP contribution in [0, 0.1) is 41.2 Å². The highest BCUT2D eigenvalue weighted by Gasteiger charge is 2.46. The number of carbonyl (C=O) groups excluding carboxylic acids is 3. The number of urea groups is 1. The second-order valence-electron chi connectivity index (χ2n) is 20.4. The number of likely N-dealkylation sites (tertiary alicyclic amines) is 2. The van der Waals surface area contributed by atoms with Gasteiger partial charge in [-0.25, -0.2) is 13.6 Å². The Morgan fingerprint density at radius 3 is 2.37 bits per heavy atom. The lowest BCUT2D eigenvalue weighted by atomic mass is 9.95. The van der Waals surface area contributed by atoms with Gasteiger partial charge in [-0.1, -0.05) is 23.6 Å². The highest BCUT2D eigenvalue weighted by molar-refractivity contribution is 6.34. The third-order valence-electron chi connectivity index (χ3n) is 15.5. The number of imide groups is 1. The Morgan fingerprint density at radius 2 is 1.66 bits per heavy atom. The van der Waals surface area contributed by atoms with E-state index in [1.165, 1.54) is 29.2 Å². The Morgan fingerprint density at radius 1 is 0.930 bits per heavy atom. The lowest BCUT2D eigenvalue weighted by Gasteiger charge is -2.35. The largest absolute Gasteiger partial charge is 0.508 e. The van der Waals surface area contributed by atoms with Crippen molar-refractivity contribution in [3.63, 3.8) is 0 Å². The van der Waals surface area contributed by atoms with E-state index in [9.17, 15) is 19.5 Å². The number of carbonyl (C=O) groups is 3. The van der Waals surface area contributed by atoms with Crippen LogP contribution in [0.4, 0.5) is 25.1 Å². The third-order valence-corrected chi connectivity index (χ3v) is 15.8. The number of nitrogens with one attached hydrogen (secondary N) is 2. The number of benzene rings is 3. The smallest absolute Gasteiger partial charge is 0.328 e. The zero-order chi connectivity index (χ0) is 49.0. The van der Waals surface area contributed by atoms with Gasteiger partial charge in [0.05, 0.1) is 28.3 Å². The van der Waals surface area contributed by atoms with E-state index in [2.05, 4.69) is 31.3 Å². The second-order valence-corrected chi connectivity index (χ2v) is 20.8. The number of rotatable bonds is 13. The molecule has 18 heteroatoms. The van der Waals surface area contributed by atoms with Crippen LogP contribution in [-0.4, -0.2) is 132 Å². The van der Waals surface area contributed by atoms with Crippen LogP contribution in [0.1, 0.15) is 73.7 Å². The van der Waals surface area contributed by atoms with Crippen LogP contribution in [0.2, 0.25) is 5.02 Å². The summed E-state index contributed by atoms with van der Waals surface area (Å²) in [5, 5.41) is 18.2. The highest BCUT2D eigenvalue weighted by Crippen LogP contribution is 2.47. The summed E-state index contributed by atoms with van der Waals surface area (Å²) in [5.74, 6) is 1.84. The molecular formula is C53H56ClF2N9O6. The number of hydrogen-bond donors (Lipinski definition) is 3. The number of terminal acetylenes is 1. The minimum absolute atomic E-state index is 0.0296. The van der Waals surface area contributed by atoms with E-state index in [4.69, 9.17) is 37.5 Å². The number of hydrogen-bond acceptors (Lipinski definition) is 12. The highest BCUT2D eigenvalue weighted by atomic mass is 35.5. The van der Waals surface area contributed by atoms with Crippen LogP contribution in [0.5, 0.6) is 11.8 Å². The summed E-state index contributed by atoms with van der Waals surface area (Å²) in [7, 11) is 0. The van der Waals surface area contributed by atoms with Crippen molar-refractivity contribution in [1.29, 1.82) is 0 Å². The molecule has 5 aliphatic heterocycles. The summed E-state index contributed by atoms with van der Waals surface area (Å²) in [4.78, 5) is 59.7. The number of aromatic hydroxyl groups is 1. The molecule has 2 bridgehead atoms. The molecule has 7 heterocycles. The summed E-state index contributed by atoms with van der Waals surface area (Å²) in [6.45, 7) is 7.38. The molecule has 71 heavy (non-hydrogen) atoms. The Balaban J connectivity index is 0.694. The Kier molecular flexibility index (Phi) is 12.9. The summed E-state index contributed by atoms with van der Waals surface area (Å²) >= 11 is 6.41. The monoisotopic (exact) mass is 987 g/mol. The van der Waals surface area contributed by atoms with Crippen molar-refractivity contribution < 1.29 is 37.7 Å². The first-order valence-corrected chi connectivity index (χ1v) is 25.2. The summed E-state index contributed by atoms with van der Waals surface area (Å²) < 4.78 is 44.9. The summed E-state index contributed by atoms with van der Waals surface area (Å²) in [5.41, 5.74) is 0.830. The molecule has 6 fully saturated rings. The maximum Gasteiger partial charge on any atom is 0.328 e. The van der Waals surface area contributed by atoms with Gasteiger partial charge >= 0.3 is 12.0 Å². The molecule has 1 aliphatic carbocycles. The van der Waals surface area contributed by atoms with Gasteiger partial charge in [0.25, 0.3) is 5.91 Å². The van der Waals surface area contributed by atoms with Crippen molar-refractivity contribution in [1.82, 2.24) is 35.4 Å². The van der Waals surface area contributed by atoms with Crippen molar-refractivity contribution in [3.05, 3.63) is 76.4 Å². The van der Waals surface area contributed by atoms with E-state index in [0.29, 0.717) is 90.7 Å². The number of ether oxygens (including phenoxy) is 2. The lowest BCUT2D eigenvalue weighted by Crippen LogP contribution is -2.51. The number of anilines is 2.